The summed E-state index contributed by atoms with van der Waals surface area (Å²) in [7, 11) is 0. The molecule has 6 rings (SSSR count). The zero-order chi connectivity index (χ0) is 22.2. The molecule has 33 heavy (non-hydrogen) atoms. The van der Waals surface area contributed by atoms with Crippen LogP contribution in [0.15, 0.2) is 121 Å². The van der Waals surface area contributed by atoms with Crippen LogP contribution in [0.3, 0.4) is 0 Å². The van der Waals surface area contributed by atoms with Crippen molar-refractivity contribution in [1.82, 2.24) is 5.32 Å². The largest absolute Gasteiger partial charge is 0.352 e. The molecule has 0 heterocycles. The maximum absolute atomic E-state index is 13.7. The zero-order valence-corrected chi connectivity index (χ0v) is 18.4. The van der Waals surface area contributed by atoms with Gasteiger partial charge in [0.15, 0.2) is 0 Å². The van der Waals surface area contributed by atoms with E-state index in [-0.39, 0.29) is 29.7 Å². The number of carbonyl (C=O) groups is 1. The first-order chi connectivity index (χ1) is 16.3. The first-order valence-electron chi connectivity index (χ1n) is 11.8. The molecule has 4 atom stereocenters. The van der Waals surface area contributed by atoms with Gasteiger partial charge in [-0.25, -0.2) is 0 Å². The van der Waals surface area contributed by atoms with Gasteiger partial charge in [-0.3, -0.25) is 4.79 Å². The quantitative estimate of drug-likeness (QED) is 0.386. The molecule has 1 amide bonds. The Bertz CT molecular complexity index is 1130. The van der Waals surface area contributed by atoms with Crippen molar-refractivity contribution in [3.05, 3.63) is 144 Å². The van der Waals surface area contributed by atoms with Crippen molar-refractivity contribution < 1.29 is 4.79 Å². The van der Waals surface area contributed by atoms with Crippen LogP contribution in [-0.4, -0.2) is 11.9 Å². The molecule has 4 aromatic carbocycles. The smallest absolute Gasteiger partial charge is 0.224 e. The van der Waals surface area contributed by atoms with E-state index in [0.29, 0.717) is 11.8 Å². The summed E-state index contributed by atoms with van der Waals surface area (Å²) in [6.07, 6.45) is 0. The topological polar surface area (TPSA) is 29.1 Å². The van der Waals surface area contributed by atoms with E-state index in [0.717, 1.165) is 0 Å². The molecule has 2 aliphatic carbocycles. The summed E-state index contributed by atoms with van der Waals surface area (Å²) in [4.78, 5) is 13.7. The minimum atomic E-state index is -0.0248. The number of hydrogen-bond donors (Lipinski definition) is 1. The van der Waals surface area contributed by atoms with Crippen LogP contribution in [0.25, 0.3) is 0 Å². The monoisotopic (exact) mass is 429 g/mol. The van der Waals surface area contributed by atoms with E-state index in [2.05, 4.69) is 115 Å². The van der Waals surface area contributed by atoms with Crippen LogP contribution in [0.2, 0.25) is 0 Å². The minimum absolute atomic E-state index is 0.0248. The van der Waals surface area contributed by atoms with E-state index in [1.165, 1.54) is 22.3 Å². The van der Waals surface area contributed by atoms with E-state index < -0.39 is 0 Å². The average molecular weight is 430 g/mol. The summed E-state index contributed by atoms with van der Waals surface area (Å²) >= 11 is 0. The maximum Gasteiger partial charge on any atom is 0.224 e. The van der Waals surface area contributed by atoms with Gasteiger partial charge in [0.2, 0.25) is 5.91 Å². The number of hydrogen-bond acceptors (Lipinski definition) is 1. The van der Waals surface area contributed by atoms with Gasteiger partial charge in [-0.1, -0.05) is 121 Å². The highest BCUT2D eigenvalue weighted by Gasteiger charge is 2.59. The van der Waals surface area contributed by atoms with E-state index >= 15 is 0 Å². The first kappa shape index (κ1) is 20.0. The number of nitrogens with one attached hydrogen (secondary N) is 1. The summed E-state index contributed by atoms with van der Waals surface area (Å²) in [6, 6.07) is 42.3. The lowest BCUT2D eigenvalue weighted by Crippen LogP contribution is -2.29. The van der Waals surface area contributed by atoms with Crippen LogP contribution >= 0.6 is 0 Å². The number of amides is 1. The Balaban J connectivity index is 1.27. The molecule has 0 aliphatic heterocycles. The molecule has 4 aromatic rings. The molecule has 2 aliphatic rings. The highest BCUT2D eigenvalue weighted by atomic mass is 16.2. The van der Waals surface area contributed by atoms with Crippen LogP contribution < -0.4 is 5.32 Å². The molecular weight excluding hydrogens is 402 g/mol. The Kier molecular flexibility index (Phi) is 5.07. The Morgan fingerprint density at radius 3 is 1.09 bits per heavy atom. The average Bonchev–Trinajstić information content (AvgIpc) is 3.80. The van der Waals surface area contributed by atoms with Crippen molar-refractivity contribution in [2.75, 3.05) is 0 Å². The normalized spacial score (nSPS) is 27.5. The van der Waals surface area contributed by atoms with Crippen molar-refractivity contribution in [2.45, 2.75) is 29.7 Å². The third-order valence-corrected chi connectivity index (χ3v) is 7.39. The highest BCUT2D eigenvalue weighted by molar-refractivity contribution is 5.86. The Hall–Kier alpha value is -3.65. The Morgan fingerprint density at radius 2 is 0.758 bits per heavy atom. The van der Waals surface area contributed by atoms with Gasteiger partial charge in [-0.15, -0.1) is 0 Å². The van der Waals surface area contributed by atoms with Gasteiger partial charge in [-0.05, 0) is 22.3 Å². The fraction of sp³-hybridized carbons (Fsp3) is 0.194. The summed E-state index contributed by atoms with van der Waals surface area (Å²) in [5.74, 6) is 1.27. The van der Waals surface area contributed by atoms with Crippen LogP contribution in [-0.2, 0) is 4.79 Å². The summed E-state index contributed by atoms with van der Waals surface area (Å²) in [5, 5.41) is 3.47. The number of benzene rings is 4. The number of rotatable bonds is 6. The second-order valence-corrected chi connectivity index (χ2v) is 9.31. The van der Waals surface area contributed by atoms with Crippen LogP contribution in [0, 0.1) is 5.92 Å². The molecule has 2 nitrogen and oxygen atoms in total. The van der Waals surface area contributed by atoms with Gasteiger partial charge >= 0.3 is 0 Å². The van der Waals surface area contributed by atoms with Gasteiger partial charge in [0, 0.05) is 29.7 Å². The van der Waals surface area contributed by atoms with Gasteiger partial charge in [0.25, 0.3) is 0 Å². The standard InChI is InChI=1S/C31H27NO/c33-31(29-25(21-13-5-1-6-14-21)26(29)22-15-7-2-8-16-22)32-30-27(23-17-9-3-10-18-23)28(30)24-19-11-4-12-20-24/h1-20,25-30H,(H,32,33). The molecular formula is C31H27NO. The molecule has 0 saturated heterocycles. The van der Waals surface area contributed by atoms with E-state index in [1.807, 2.05) is 12.1 Å². The van der Waals surface area contributed by atoms with Crippen molar-refractivity contribution in [3.63, 3.8) is 0 Å². The van der Waals surface area contributed by atoms with Crippen LogP contribution in [0.1, 0.15) is 45.9 Å². The molecule has 0 spiro atoms. The molecule has 4 unspecified atom stereocenters. The molecule has 0 aromatic heterocycles. The fourth-order valence-electron chi connectivity index (χ4n) is 5.75. The van der Waals surface area contributed by atoms with Gasteiger partial charge in [0.1, 0.15) is 0 Å². The SMILES string of the molecule is O=C(NC1C(c2ccccc2)C1c1ccccc1)C1C(c2ccccc2)C1c1ccccc1. The van der Waals surface area contributed by atoms with Crippen LogP contribution in [0.5, 0.6) is 0 Å². The molecule has 2 fully saturated rings. The molecule has 0 radical (unpaired) electrons. The van der Waals surface area contributed by atoms with Crippen molar-refractivity contribution >= 4 is 5.91 Å². The predicted molar refractivity (Wildman–Crippen MR) is 132 cm³/mol. The lowest BCUT2D eigenvalue weighted by atomic mass is 10.0. The van der Waals surface area contributed by atoms with Gasteiger partial charge in [-0.2, -0.15) is 0 Å². The Morgan fingerprint density at radius 1 is 0.455 bits per heavy atom. The second kappa shape index (κ2) is 8.37. The summed E-state index contributed by atoms with van der Waals surface area (Å²) in [6.45, 7) is 0. The summed E-state index contributed by atoms with van der Waals surface area (Å²) < 4.78 is 0. The molecule has 2 saturated carbocycles. The van der Waals surface area contributed by atoms with Crippen LogP contribution in [0.4, 0.5) is 0 Å². The van der Waals surface area contributed by atoms with E-state index in [9.17, 15) is 4.79 Å². The zero-order valence-electron chi connectivity index (χ0n) is 18.4. The predicted octanol–water partition coefficient (Wildman–Crippen LogP) is 6.25. The first-order valence-corrected chi connectivity index (χ1v) is 11.8. The molecule has 0 bridgehead atoms. The van der Waals surface area contributed by atoms with Crippen molar-refractivity contribution in [2.24, 2.45) is 5.92 Å². The summed E-state index contributed by atoms with van der Waals surface area (Å²) in [5.41, 5.74) is 5.10. The third-order valence-electron chi connectivity index (χ3n) is 7.39. The third kappa shape index (κ3) is 3.76. The molecule has 1 N–H and O–H groups in total. The van der Waals surface area contributed by atoms with Crippen molar-refractivity contribution in [3.8, 4) is 0 Å². The lowest BCUT2D eigenvalue weighted by Gasteiger charge is -2.06. The van der Waals surface area contributed by atoms with Gasteiger partial charge < -0.3 is 5.32 Å². The lowest BCUT2D eigenvalue weighted by molar-refractivity contribution is -0.122. The minimum Gasteiger partial charge on any atom is -0.352 e. The van der Waals surface area contributed by atoms with Crippen molar-refractivity contribution in [1.29, 1.82) is 0 Å². The second-order valence-electron chi connectivity index (χ2n) is 9.31. The molecule has 2 heteroatoms. The number of carbonyl (C=O) groups excluding carboxylic acids is 1. The molecule has 162 valence electrons. The Labute approximate surface area is 195 Å². The van der Waals surface area contributed by atoms with E-state index in [1.54, 1.807) is 0 Å². The van der Waals surface area contributed by atoms with Gasteiger partial charge in [0.05, 0.1) is 5.92 Å². The maximum atomic E-state index is 13.7. The van der Waals surface area contributed by atoms with E-state index in [4.69, 9.17) is 0 Å². The highest BCUT2D eigenvalue weighted by Crippen LogP contribution is 2.61. The fourth-order valence-corrected chi connectivity index (χ4v) is 5.75.